The molecule has 0 aliphatic rings. The lowest BCUT2D eigenvalue weighted by atomic mass is 10.1. The lowest BCUT2D eigenvalue weighted by molar-refractivity contribution is 0.0931. The van der Waals surface area contributed by atoms with Crippen molar-refractivity contribution in [3.63, 3.8) is 0 Å². The normalized spacial score (nSPS) is 11.6. The summed E-state index contributed by atoms with van der Waals surface area (Å²) in [6.07, 6.45) is 0. The smallest absolute Gasteiger partial charge is 0.272 e. The number of carbonyl (C=O) groups excluding carboxylic acids is 1. The number of hydrogen-bond acceptors (Lipinski definition) is 4. The first-order valence-electron chi connectivity index (χ1n) is 8.86. The fourth-order valence-electron chi connectivity index (χ4n) is 2.67. The van der Waals surface area contributed by atoms with Crippen LogP contribution in [0.25, 0.3) is 0 Å². The van der Waals surface area contributed by atoms with Gasteiger partial charge in [0.15, 0.2) is 0 Å². The molecule has 3 aromatic rings. The summed E-state index contributed by atoms with van der Waals surface area (Å²) in [6.45, 7) is 2.10. The zero-order valence-electron chi connectivity index (χ0n) is 15.3. The molecular formula is C21H20FN3O3. The number of aromatic nitrogens is 2. The second-order valence-electron chi connectivity index (χ2n) is 6.16. The third-order valence-corrected chi connectivity index (χ3v) is 4.13. The molecule has 0 unspecified atom stereocenters. The van der Waals surface area contributed by atoms with Gasteiger partial charge in [-0.3, -0.25) is 9.59 Å². The van der Waals surface area contributed by atoms with Crippen molar-refractivity contribution in [1.82, 2.24) is 15.1 Å². The van der Waals surface area contributed by atoms with Gasteiger partial charge in [0, 0.05) is 11.6 Å². The third kappa shape index (κ3) is 4.82. The predicted octanol–water partition coefficient (Wildman–Crippen LogP) is 2.95. The Morgan fingerprint density at radius 1 is 1.11 bits per heavy atom. The number of nitrogens with one attached hydrogen (secondary N) is 1. The minimum Gasteiger partial charge on any atom is -0.492 e. The molecule has 1 heterocycles. The van der Waals surface area contributed by atoms with E-state index >= 15 is 0 Å². The highest BCUT2D eigenvalue weighted by Gasteiger charge is 2.16. The van der Waals surface area contributed by atoms with Crippen LogP contribution in [0, 0.1) is 5.82 Å². The molecule has 0 saturated heterocycles. The topological polar surface area (TPSA) is 73.2 Å². The molecule has 2 aromatic carbocycles. The van der Waals surface area contributed by atoms with Gasteiger partial charge in [0.05, 0.1) is 12.6 Å². The van der Waals surface area contributed by atoms with Crippen LogP contribution in [0.3, 0.4) is 0 Å². The van der Waals surface area contributed by atoms with Gasteiger partial charge in [-0.25, -0.2) is 9.07 Å². The van der Waals surface area contributed by atoms with Crippen molar-refractivity contribution in [3.05, 3.63) is 94.2 Å². The summed E-state index contributed by atoms with van der Waals surface area (Å²) in [5.74, 6) is -0.206. The minimum atomic E-state index is -0.544. The molecule has 6 nitrogen and oxygen atoms in total. The van der Waals surface area contributed by atoms with Crippen molar-refractivity contribution < 1.29 is 13.9 Å². The maximum Gasteiger partial charge on any atom is 0.272 e. The van der Waals surface area contributed by atoms with E-state index in [1.54, 1.807) is 25.1 Å². The van der Waals surface area contributed by atoms with E-state index in [9.17, 15) is 14.0 Å². The van der Waals surface area contributed by atoms with E-state index in [0.29, 0.717) is 11.3 Å². The van der Waals surface area contributed by atoms with Gasteiger partial charge in [-0.05, 0) is 31.2 Å². The molecule has 3 rings (SSSR count). The van der Waals surface area contributed by atoms with Crippen molar-refractivity contribution >= 4 is 5.91 Å². The van der Waals surface area contributed by atoms with Crippen molar-refractivity contribution in [3.8, 4) is 5.75 Å². The first kappa shape index (κ1) is 19.3. The molecule has 0 fully saturated rings. The van der Waals surface area contributed by atoms with E-state index in [-0.39, 0.29) is 24.4 Å². The number of rotatable bonds is 7. The quantitative estimate of drug-likeness (QED) is 0.683. The molecule has 1 aromatic heterocycles. The molecule has 0 saturated carbocycles. The van der Waals surface area contributed by atoms with Crippen molar-refractivity contribution in [2.45, 2.75) is 19.5 Å². The maximum atomic E-state index is 13.9. The lowest BCUT2D eigenvalue weighted by Crippen LogP contribution is -2.32. The highest BCUT2D eigenvalue weighted by molar-refractivity contribution is 5.92. The van der Waals surface area contributed by atoms with Crippen LogP contribution in [-0.2, 0) is 6.54 Å². The number of hydrogen-bond donors (Lipinski definition) is 1. The SMILES string of the molecule is C[C@@H](NC(=O)c1ccc(=O)n(CCOc2ccccc2)n1)c1ccccc1F. The molecule has 0 spiro atoms. The fourth-order valence-corrected chi connectivity index (χ4v) is 2.67. The third-order valence-electron chi connectivity index (χ3n) is 4.13. The molecule has 1 atom stereocenters. The second-order valence-corrected chi connectivity index (χ2v) is 6.16. The molecule has 1 amide bonds. The minimum absolute atomic E-state index is 0.0718. The van der Waals surface area contributed by atoms with Gasteiger partial charge in [0.2, 0.25) is 0 Å². The average Bonchev–Trinajstić information content (AvgIpc) is 2.70. The standard InChI is InChI=1S/C21H20FN3O3/c1-15(17-9-5-6-10-18(17)22)23-21(27)19-11-12-20(26)25(24-19)13-14-28-16-7-3-2-4-8-16/h2-12,15H,13-14H2,1H3,(H,23,27)/t15-/m1/s1. The van der Waals surface area contributed by atoms with E-state index in [4.69, 9.17) is 4.74 Å². The monoisotopic (exact) mass is 381 g/mol. The van der Waals surface area contributed by atoms with E-state index in [1.165, 1.54) is 22.9 Å². The molecule has 144 valence electrons. The van der Waals surface area contributed by atoms with Gasteiger partial charge in [0.25, 0.3) is 11.5 Å². The number of amides is 1. The van der Waals surface area contributed by atoms with Gasteiger partial charge < -0.3 is 10.1 Å². The molecule has 1 N–H and O–H groups in total. The largest absolute Gasteiger partial charge is 0.492 e. The number of carbonyl (C=O) groups is 1. The van der Waals surface area contributed by atoms with Crippen molar-refractivity contribution in [2.24, 2.45) is 0 Å². The summed E-state index contributed by atoms with van der Waals surface area (Å²) in [5.41, 5.74) is 0.110. The van der Waals surface area contributed by atoms with Gasteiger partial charge >= 0.3 is 0 Å². The van der Waals surface area contributed by atoms with Crippen molar-refractivity contribution in [1.29, 1.82) is 0 Å². The molecule has 0 aliphatic carbocycles. The lowest BCUT2D eigenvalue weighted by Gasteiger charge is -2.15. The average molecular weight is 381 g/mol. The predicted molar refractivity (Wildman–Crippen MR) is 103 cm³/mol. The summed E-state index contributed by atoms with van der Waals surface area (Å²) < 4.78 is 20.6. The first-order chi connectivity index (χ1) is 13.5. The van der Waals surface area contributed by atoms with Crippen LogP contribution in [0.1, 0.15) is 29.0 Å². The molecule has 0 bridgehead atoms. The Kier molecular flexibility index (Phi) is 6.16. The Labute approximate surface area is 161 Å². The molecule has 0 radical (unpaired) electrons. The van der Waals surface area contributed by atoms with Gasteiger partial charge in [-0.15, -0.1) is 0 Å². The van der Waals surface area contributed by atoms with Crippen LogP contribution in [0.5, 0.6) is 5.75 Å². The van der Waals surface area contributed by atoms with E-state index < -0.39 is 17.8 Å². The van der Waals surface area contributed by atoms with Crippen LogP contribution in [-0.4, -0.2) is 22.3 Å². The van der Waals surface area contributed by atoms with Crippen LogP contribution < -0.4 is 15.6 Å². The number of ether oxygens (including phenoxy) is 1. The molecular weight excluding hydrogens is 361 g/mol. The first-order valence-corrected chi connectivity index (χ1v) is 8.86. The van der Waals surface area contributed by atoms with E-state index in [1.807, 2.05) is 30.3 Å². The van der Waals surface area contributed by atoms with Gasteiger partial charge in [-0.2, -0.15) is 5.10 Å². The summed E-state index contributed by atoms with van der Waals surface area (Å²) in [7, 11) is 0. The van der Waals surface area contributed by atoms with Crippen LogP contribution in [0.4, 0.5) is 4.39 Å². The highest BCUT2D eigenvalue weighted by Crippen LogP contribution is 2.16. The summed E-state index contributed by atoms with van der Waals surface area (Å²) in [5, 5.41) is 6.78. The number of benzene rings is 2. The van der Waals surface area contributed by atoms with E-state index in [0.717, 1.165) is 0 Å². The number of halogens is 1. The number of para-hydroxylation sites is 1. The Morgan fingerprint density at radius 2 is 1.82 bits per heavy atom. The highest BCUT2D eigenvalue weighted by atomic mass is 19.1. The summed E-state index contributed by atoms with van der Waals surface area (Å²) >= 11 is 0. The Bertz CT molecular complexity index is 1010. The maximum absolute atomic E-state index is 13.9. The molecule has 7 heteroatoms. The summed E-state index contributed by atoms with van der Waals surface area (Å²) in [4.78, 5) is 24.4. The zero-order chi connectivity index (χ0) is 19.9. The van der Waals surface area contributed by atoms with Gasteiger partial charge in [0.1, 0.15) is 23.9 Å². The zero-order valence-corrected chi connectivity index (χ0v) is 15.3. The molecule has 0 aliphatic heterocycles. The fraction of sp³-hybridized carbons (Fsp3) is 0.190. The summed E-state index contributed by atoms with van der Waals surface area (Å²) in [6, 6.07) is 17.5. The Morgan fingerprint density at radius 3 is 2.57 bits per heavy atom. The van der Waals surface area contributed by atoms with Crippen molar-refractivity contribution in [2.75, 3.05) is 6.61 Å². The second kappa shape index (κ2) is 8.94. The van der Waals surface area contributed by atoms with Crippen LogP contribution in [0.15, 0.2) is 71.5 Å². The Hall–Kier alpha value is -3.48. The van der Waals surface area contributed by atoms with Crippen LogP contribution >= 0.6 is 0 Å². The Balaban J connectivity index is 1.65. The van der Waals surface area contributed by atoms with E-state index in [2.05, 4.69) is 10.4 Å². The molecule has 28 heavy (non-hydrogen) atoms. The number of nitrogens with zero attached hydrogens (tertiary/aromatic N) is 2. The van der Waals surface area contributed by atoms with Gasteiger partial charge in [-0.1, -0.05) is 36.4 Å². The van der Waals surface area contributed by atoms with Crippen LogP contribution in [0.2, 0.25) is 0 Å².